The summed E-state index contributed by atoms with van der Waals surface area (Å²) in [5, 5.41) is 8.27. The molecule has 1 heterocycles. The number of thioether (sulfide) groups is 1. The number of nitrogens with zero attached hydrogens (tertiary/aromatic N) is 1. The molecule has 0 spiro atoms. The number of carboxylic acids is 1. The number of carbonyl (C=O) groups is 1. The predicted octanol–water partition coefficient (Wildman–Crippen LogP) is 3.53. The molecule has 29 heavy (non-hydrogen) atoms. The molecule has 2 aliphatic carbocycles. The number of ether oxygens (including phenoxy) is 1. The lowest BCUT2D eigenvalue weighted by Gasteiger charge is -2.58. The largest absolute Gasteiger partial charge is 0.497 e. The fourth-order valence-electron chi connectivity index (χ4n) is 5.67. The molecule has 0 amide bonds. The Hall–Kier alpha value is -1.24. The van der Waals surface area contributed by atoms with Gasteiger partial charge in [-0.2, -0.15) is 11.8 Å². The molecule has 0 aromatic heterocycles. The standard InChI is InChI=1S/C18H25NO.C5H11NO2S/c1-19-10-9-18-8-4-3-5-15(18)17(19)11-13-6-7-14(20-2)12-16(13)18;1-9-3-2-4(6)5(7)8/h6-7,12,15,17H,3-5,8-11H2,1-2H3;4H,2-3,6H2,1H3,(H,7,8)/t15-,17+,18+;/m1./s1. The third-order valence-corrected chi connectivity index (χ3v) is 7.92. The first-order chi connectivity index (χ1) is 13.9. The van der Waals surface area contributed by atoms with Gasteiger partial charge in [-0.1, -0.05) is 18.9 Å². The van der Waals surface area contributed by atoms with Gasteiger partial charge in [-0.25, -0.2) is 0 Å². The molecule has 1 saturated heterocycles. The minimum absolute atomic E-state index is 0.456. The zero-order valence-corrected chi connectivity index (χ0v) is 18.8. The maximum absolute atomic E-state index is 10.1. The predicted molar refractivity (Wildman–Crippen MR) is 120 cm³/mol. The molecule has 2 bridgehead atoms. The minimum Gasteiger partial charge on any atom is -0.497 e. The zero-order valence-electron chi connectivity index (χ0n) is 18.0. The topological polar surface area (TPSA) is 75.8 Å². The molecule has 1 unspecified atom stereocenters. The molecule has 4 atom stereocenters. The summed E-state index contributed by atoms with van der Waals surface area (Å²) in [6, 6.07) is 6.92. The van der Waals surface area contributed by atoms with Crippen LogP contribution in [0.3, 0.4) is 0 Å². The van der Waals surface area contributed by atoms with Crippen LogP contribution in [0.2, 0.25) is 0 Å². The molecule has 162 valence electrons. The van der Waals surface area contributed by atoms with Gasteiger partial charge >= 0.3 is 5.97 Å². The Morgan fingerprint density at radius 2 is 2.21 bits per heavy atom. The van der Waals surface area contributed by atoms with Crippen LogP contribution in [-0.2, 0) is 16.6 Å². The lowest BCUT2D eigenvalue weighted by Crippen LogP contribution is -2.59. The van der Waals surface area contributed by atoms with Crippen molar-refractivity contribution in [1.29, 1.82) is 0 Å². The van der Waals surface area contributed by atoms with Gasteiger partial charge in [-0.15, -0.1) is 0 Å². The van der Waals surface area contributed by atoms with Crippen molar-refractivity contribution < 1.29 is 14.6 Å². The first-order valence-electron chi connectivity index (χ1n) is 10.8. The van der Waals surface area contributed by atoms with Crippen LogP contribution in [0.5, 0.6) is 5.75 Å². The zero-order chi connectivity index (χ0) is 21.0. The number of methoxy groups -OCH3 is 1. The van der Waals surface area contributed by atoms with Crippen molar-refractivity contribution >= 4 is 17.7 Å². The second kappa shape index (κ2) is 9.71. The minimum atomic E-state index is -0.913. The molecule has 1 aliphatic heterocycles. The van der Waals surface area contributed by atoms with E-state index in [1.807, 2.05) is 6.26 Å². The van der Waals surface area contributed by atoms with Crippen molar-refractivity contribution in [1.82, 2.24) is 4.90 Å². The lowest BCUT2D eigenvalue weighted by molar-refractivity contribution is -0.138. The number of fused-ring (bicyclic) bond motifs is 1. The van der Waals surface area contributed by atoms with Crippen LogP contribution < -0.4 is 10.5 Å². The number of benzene rings is 1. The Kier molecular flexibility index (Phi) is 7.52. The molecule has 1 saturated carbocycles. The second-order valence-electron chi connectivity index (χ2n) is 8.76. The number of nitrogens with two attached hydrogens (primary N) is 1. The highest BCUT2D eigenvalue weighted by atomic mass is 32.2. The average molecular weight is 421 g/mol. The van der Waals surface area contributed by atoms with E-state index in [0.29, 0.717) is 11.8 Å². The average Bonchev–Trinajstić information content (AvgIpc) is 2.74. The van der Waals surface area contributed by atoms with Crippen molar-refractivity contribution in [3.05, 3.63) is 29.3 Å². The summed E-state index contributed by atoms with van der Waals surface area (Å²) in [5.74, 6) is 1.81. The third-order valence-electron chi connectivity index (χ3n) is 7.27. The van der Waals surface area contributed by atoms with Crippen LogP contribution in [0.15, 0.2) is 18.2 Å². The van der Waals surface area contributed by atoms with Crippen LogP contribution >= 0.6 is 11.8 Å². The molecule has 3 aliphatic rings. The summed E-state index contributed by atoms with van der Waals surface area (Å²) >= 11 is 1.60. The Morgan fingerprint density at radius 3 is 2.90 bits per heavy atom. The van der Waals surface area contributed by atoms with E-state index in [9.17, 15) is 4.79 Å². The number of rotatable bonds is 5. The summed E-state index contributed by atoms with van der Waals surface area (Å²) in [5.41, 5.74) is 8.86. The van der Waals surface area contributed by atoms with Crippen molar-refractivity contribution in [2.75, 3.05) is 32.7 Å². The van der Waals surface area contributed by atoms with Gasteiger partial charge in [0.1, 0.15) is 11.8 Å². The Labute approximate surface area is 179 Å². The summed E-state index contributed by atoms with van der Waals surface area (Å²) in [4.78, 5) is 12.7. The van der Waals surface area contributed by atoms with Crippen molar-refractivity contribution in [3.8, 4) is 5.75 Å². The molecule has 1 aromatic carbocycles. The summed E-state index contributed by atoms with van der Waals surface area (Å²) < 4.78 is 5.51. The number of hydrogen-bond acceptors (Lipinski definition) is 5. The SMILES string of the molecule is COc1ccc2c(c1)[C@]13CCCC[C@@H]1[C@H](C2)N(C)CC3.CSCCC(N)C(=O)O. The van der Waals surface area contributed by atoms with Crippen LogP contribution in [0, 0.1) is 5.92 Å². The fourth-order valence-corrected chi connectivity index (χ4v) is 6.16. The first kappa shape index (κ1) is 22.4. The van der Waals surface area contributed by atoms with E-state index in [1.165, 1.54) is 45.1 Å². The number of hydrogen-bond donors (Lipinski definition) is 2. The van der Waals surface area contributed by atoms with E-state index < -0.39 is 12.0 Å². The third kappa shape index (κ3) is 4.59. The van der Waals surface area contributed by atoms with Gasteiger partial charge in [-0.05, 0) is 86.9 Å². The van der Waals surface area contributed by atoms with E-state index in [2.05, 4.69) is 30.1 Å². The van der Waals surface area contributed by atoms with Crippen LogP contribution in [0.4, 0.5) is 0 Å². The molecule has 1 aromatic rings. The van der Waals surface area contributed by atoms with Crippen molar-refractivity contribution in [3.63, 3.8) is 0 Å². The van der Waals surface area contributed by atoms with Crippen LogP contribution in [0.25, 0.3) is 0 Å². The van der Waals surface area contributed by atoms with Gasteiger partial charge in [0, 0.05) is 11.5 Å². The normalized spacial score (nSPS) is 29.0. The van der Waals surface area contributed by atoms with Crippen LogP contribution in [-0.4, -0.2) is 60.8 Å². The fraction of sp³-hybridized carbons (Fsp3) is 0.696. The van der Waals surface area contributed by atoms with Gasteiger partial charge in [0.2, 0.25) is 0 Å². The van der Waals surface area contributed by atoms with E-state index in [1.54, 1.807) is 30.0 Å². The van der Waals surface area contributed by atoms with Gasteiger partial charge in [0.25, 0.3) is 0 Å². The van der Waals surface area contributed by atoms with Gasteiger partial charge in [0.05, 0.1) is 7.11 Å². The lowest BCUT2D eigenvalue weighted by atomic mass is 9.52. The highest BCUT2D eigenvalue weighted by Crippen LogP contribution is 2.55. The molecule has 0 radical (unpaired) electrons. The molecule has 3 N–H and O–H groups in total. The van der Waals surface area contributed by atoms with E-state index in [4.69, 9.17) is 15.6 Å². The van der Waals surface area contributed by atoms with Gasteiger partial charge in [0.15, 0.2) is 0 Å². The van der Waals surface area contributed by atoms with E-state index in [-0.39, 0.29) is 0 Å². The van der Waals surface area contributed by atoms with Crippen molar-refractivity contribution in [2.24, 2.45) is 11.7 Å². The number of likely N-dealkylation sites (tertiary alicyclic amines) is 1. The molecule has 2 fully saturated rings. The maximum Gasteiger partial charge on any atom is 0.320 e. The Bertz CT molecular complexity index is 713. The monoisotopic (exact) mass is 420 g/mol. The number of carboxylic acid groups (broad SMARTS) is 1. The number of piperidine rings is 1. The summed E-state index contributed by atoms with van der Waals surface area (Å²) in [6.45, 7) is 1.26. The number of aliphatic carboxylic acids is 1. The summed E-state index contributed by atoms with van der Waals surface area (Å²) in [7, 11) is 4.12. The maximum atomic E-state index is 10.1. The Balaban J connectivity index is 0.000000229. The quantitative estimate of drug-likeness (QED) is 0.759. The molecule has 5 nitrogen and oxygen atoms in total. The van der Waals surface area contributed by atoms with Gasteiger partial charge < -0.3 is 20.5 Å². The van der Waals surface area contributed by atoms with E-state index in [0.717, 1.165) is 23.5 Å². The molecule has 4 rings (SSSR count). The van der Waals surface area contributed by atoms with Crippen molar-refractivity contribution in [2.45, 2.75) is 62.4 Å². The number of likely N-dealkylation sites (N-methyl/N-ethyl adjacent to an activating group) is 1. The van der Waals surface area contributed by atoms with E-state index >= 15 is 0 Å². The smallest absolute Gasteiger partial charge is 0.320 e. The molecular weight excluding hydrogens is 384 g/mol. The highest BCUT2D eigenvalue weighted by molar-refractivity contribution is 7.98. The Morgan fingerprint density at radius 1 is 1.41 bits per heavy atom. The first-order valence-corrected chi connectivity index (χ1v) is 12.2. The molecular formula is C23H36N2O3S. The summed E-state index contributed by atoms with van der Waals surface area (Å²) in [6.07, 6.45) is 10.7. The van der Waals surface area contributed by atoms with Crippen LogP contribution in [0.1, 0.15) is 49.7 Å². The second-order valence-corrected chi connectivity index (χ2v) is 9.75. The highest BCUT2D eigenvalue weighted by Gasteiger charge is 2.53. The van der Waals surface area contributed by atoms with Gasteiger partial charge in [-0.3, -0.25) is 4.79 Å². The molecule has 6 heteroatoms.